The second-order valence-corrected chi connectivity index (χ2v) is 4.24. The topological polar surface area (TPSA) is 75.3 Å². The first-order valence-corrected chi connectivity index (χ1v) is 6.08. The van der Waals surface area contributed by atoms with Crippen LogP contribution in [0.2, 0.25) is 0 Å². The number of carbonyl (C=O) groups is 1. The van der Waals surface area contributed by atoms with E-state index >= 15 is 0 Å². The zero-order valence-corrected chi connectivity index (χ0v) is 10.5. The molecule has 0 bridgehead atoms. The number of hydrogen-bond donors (Lipinski definition) is 3. The number of nitrogens with two attached hydrogens (primary N) is 1. The maximum atomic E-state index is 11.9. The van der Waals surface area contributed by atoms with Crippen LogP contribution in [0.1, 0.15) is 15.9 Å². The molecule has 0 spiro atoms. The van der Waals surface area contributed by atoms with Crippen LogP contribution >= 0.6 is 0 Å². The highest BCUT2D eigenvalue weighted by Gasteiger charge is 2.05. The number of aromatic hydroxyl groups is 1. The van der Waals surface area contributed by atoms with Gasteiger partial charge in [-0.3, -0.25) is 4.79 Å². The van der Waals surface area contributed by atoms with Crippen molar-refractivity contribution in [2.45, 2.75) is 6.42 Å². The van der Waals surface area contributed by atoms with Gasteiger partial charge in [0.25, 0.3) is 5.91 Å². The largest absolute Gasteiger partial charge is 0.508 e. The Morgan fingerprint density at radius 1 is 1.05 bits per heavy atom. The molecule has 4 N–H and O–H groups in total. The summed E-state index contributed by atoms with van der Waals surface area (Å²) in [5.41, 5.74) is 7.86. The Balaban J connectivity index is 2.04. The molecule has 1 amide bonds. The number of carbonyl (C=O) groups excluding carboxylic acids is 1. The molecule has 0 aliphatic rings. The van der Waals surface area contributed by atoms with Crippen LogP contribution in [-0.2, 0) is 6.42 Å². The number of phenolic OH excluding ortho intramolecular Hbond substituents is 1. The van der Waals surface area contributed by atoms with E-state index in [2.05, 4.69) is 5.32 Å². The lowest BCUT2D eigenvalue weighted by Gasteiger charge is -2.06. The molecule has 19 heavy (non-hydrogen) atoms. The Kier molecular flexibility index (Phi) is 4.15. The van der Waals surface area contributed by atoms with E-state index in [4.69, 9.17) is 10.8 Å². The number of amides is 1. The first-order valence-electron chi connectivity index (χ1n) is 6.08. The van der Waals surface area contributed by atoms with Crippen molar-refractivity contribution in [2.24, 2.45) is 5.73 Å². The summed E-state index contributed by atoms with van der Waals surface area (Å²) < 4.78 is 0. The van der Waals surface area contributed by atoms with Gasteiger partial charge in [0.1, 0.15) is 5.75 Å². The summed E-state index contributed by atoms with van der Waals surface area (Å²) in [5, 5.41) is 12.0. The minimum absolute atomic E-state index is 0.141. The smallest absolute Gasteiger partial charge is 0.255 e. The van der Waals surface area contributed by atoms with Crippen molar-refractivity contribution in [2.75, 3.05) is 11.9 Å². The standard InChI is InChI=1S/C15H16N2O2/c16-10-9-11-1-5-13(6-2-11)17-15(19)12-3-7-14(18)8-4-12/h1-8,18H,9-10,16H2,(H,17,19). The highest BCUT2D eigenvalue weighted by molar-refractivity contribution is 6.04. The molecule has 0 heterocycles. The average Bonchev–Trinajstić information content (AvgIpc) is 2.42. The van der Waals surface area contributed by atoms with E-state index in [0.29, 0.717) is 12.1 Å². The lowest BCUT2D eigenvalue weighted by atomic mass is 10.1. The van der Waals surface area contributed by atoms with Crippen LogP contribution in [0.3, 0.4) is 0 Å². The van der Waals surface area contributed by atoms with Crippen LogP contribution in [0.5, 0.6) is 5.75 Å². The van der Waals surface area contributed by atoms with E-state index in [0.717, 1.165) is 17.7 Å². The maximum Gasteiger partial charge on any atom is 0.255 e. The molecule has 2 aromatic rings. The molecule has 0 unspecified atom stereocenters. The molecular weight excluding hydrogens is 240 g/mol. The Labute approximate surface area is 111 Å². The van der Waals surface area contributed by atoms with Crippen molar-refractivity contribution in [1.29, 1.82) is 0 Å². The summed E-state index contributed by atoms with van der Waals surface area (Å²) in [4.78, 5) is 11.9. The van der Waals surface area contributed by atoms with E-state index < -0.39 is 0 Å². The summed E-state index contributed by atoms with van der Waals surface area (Å²) in [5.74, 6) is -0.0609. The summed E-state index contributed by atoms with van der Waals surface area (Å²) in [6.45, 7) is 0.610. The monoisotopic (exact) mass is 256 g/mol. The molecule has 4 heteroatoms. The molecule has 0 saturated carbocycles. The number of anilines is 1. The van der Waals surface area contributed by atoms with Crippen LogP contribution in [0.25, 0.3) is 0 Å². The van der Waals surface area contributed by atoms with Crippen molar-refractivity contribution in [3.63, 3.8) is 0 Å². The van der Waals surface area contributed by atoms with Crippen molar-refractivity contribution < 1.29 is 9.90 Å². The van der Waals surface area contributed by atoms with Gasteiger partial charge in [-0.2, -0.15) is 0 Å². The van der Waals surface area contributed by atoms with Gasteiger partial charge < -0.3 is 16.2 Å². The van der Waals surface area contributed by atoms with E-state index in [1.54, 1.807) is 12.1 Å². The van der Waals surface area contributed by atoms with Gasteiger partial charge in [-0.25, -0.2) is 0 Å². The van der Waals surface area contributed by atoms with Crippen LogP contribution in [0.4, 0.5) is 5.69 Å². The number of rotatable bonds is 4. The lowest BCUT2D eigenvalue weighted by Crippen LogP contribution is -2.11. The second kappa shape index (κ2) is 6.02. The van der Waals surface area contributed by atoms with Gasteiger partial charge in [-0.15, -0.1) is 0 Å². The lowest BCUT2D eigenvalue weighted by molar-refractivity contribution is 0.102. The molecule has 4 nitrogen and oxygen atoms in total. The summed E-state index contributed by atoms with van der Waals surface area (Å²) in [6, 6.07) is 13.7. The molecule has 2 rings (SSSR count). The quantitative estimate of drug-likeness (QED) is 0.784. The molecule has 0 aliphatic heterocycles. The summed E-state index contributed by atoms with van der Waals surface area (Å²) in [6.07, 6.45) is 0.826. The van der Waals surface area contributed by atoms with Gasteiger partial charge in [0.05, 0.1) is 0 Å². The molecule has 0 saturated heterocycles. The fourth-order valence-electron chi connectivity index (χ4n) is 1.74. The van der Waals surface area contributed by atoms with Crippen molar-refractivity contribution in [1.82, 2.24) is 0 Å². The van der Waals surface area contributed by atoms with E-state index in [9.17, 15) is 4.79 Å². The normalized spacial score (nSPS) is 10.2. The molecule has 2 aromatic carbocycles. The van der Waals surface area contributed by atoms with Gasteiger partial charge in [0.2, 0.25) is 0 Å². The van der Waals surface area contributed by atoms with Crippen molar-refractivity contribution >= 4 is 11.6 Å². The molecule has 0 aliphatic carbocycles. The van der Waals surface area contributed by atoms with Crippen LogP contribution in [0.15, 0.2) is 48.5 Å². The second-order valence-electron chi connectivity index (χ2n) is 4.24. The summed E-state index contributed by atoms with van der Waals surface area (Å²) in [7, 11) is 0. The van der Waals surface area contributed by atoms with Gasteiger partial charge in [-0.05, 0) is 54.9 Å². The molecule has 0 fully saturated rings. The zero-order valence-electron chi connectivity index (χ0n) is 10.5. The van der Waals surface area contributed by atoms with Crippen molar-refractivity contribution in [3.05, 3.63) is 59.7 Å². The minimum atomic E-state index is -0.202. The van der Waals surface area contributed by atoms with Crippen LogP contribution in [0, 0.1) is 0 Å². The Morgan fingerprint density at radius 2 is 1.68 bits per heavy atom. The molecular formula is C15H16N2O2. The fourth-order valence-corrected chi connectivity index (χ4v) is 1.74. The van der Waals surface area contributed by atoms with Gasteiger partial charge in [-0.1, -0.05) is 12.1 Å². The van der Waals surface area contributed by atoms with Crippen LogP contribution < -0.4 is 11.1 Å². The minimum Gasteiger partial charge on any atom is -0.508 e. The maximum absolute atomic E-state index is 11.9. The molecule has 0 atom stereocenters. The number of hydrogen-bond acceptors (Lipinski definition) is 3. The number of phenols is 1. The summed E-state index contributed by atoms with van der Waals surface area (Å²) >= 11 is 0. The van der Waals surface area contributed by atoms with Gasteiger partial charge in [0.15, 0.2) is 0 Å². The van der Waals surface area contributed by atoms with Gasteiger partial charge in [0, 0.05) is 11.3 Å². The van der Waals surface area contributed by atoms with Gasteiger partial charge >= 0.3 is 0 Å². The first-order chi connectivity index (χ1) is 9.19. The Hall–Kier alpha value is -2.33. The Morgan fingerprint density at radius 3 is 2.26 bits per heavy atom. The van der Waals surface area contributed by atoms with E-state index in [1.807, 2.05) is 24.3 Å². The Bertz CT molecular complexity index is 547. The predicted octanol–water partition coefficient (Wildman–Crippen LogP) is 2.15. The molecule has 0 aromatic heterocycles. The van der Waals surface area contributed by atoms with E-state index in [-0.39, 0.29) is 11.7 Å². The SMILES string of the molecule is NCCc1ccc(NC(=O)c2ccc(O)cc2)cc1. The van der Waals surface area contributed by atoms with Crippen molar-refractivity contribution in [3.8, 4) is 5.75 Å². The molecule has 0 radical (unpaired) electrons. The third-order valence-corrected chi connectivity index (χ3v) is 2.77. The third-order valence-electron chi connectivity index (χ3n) is 2.77. The third kappa shape index (κ3) is 3.56. The highest BCUT2D eigenvalue weighted by Crippen LogP contribution is 2.13. The first kappa shape index (κ1) is 13.1. The zero-order chi connectivity index (χ0) is 13.7. The average molecular weight is 256 g/mol. The molecule has 98 valence electrons. The fraction of sp³-hybridized carbons (Fsp3) is 0.133. The van der Waals surface area contributed by atoms with Crippen LogP contribution in [-0.4, -0.2) is 17.6 Å². The highest BCUT2D eigenvalue weighted by atomic mass is 16.3. The van der Waals surface area contributed by atoms with E-state index in [1.165, 1.54) is 12.1 Å². The number of nitrogens with one attached hydrogen (secondary N) is 1. The predicted molar refractivity (Wildman–Crippen MR) is 75.3 cm³/mol. The number of benzene rings is 2.